The number of rotatable bonds is 5. The highest BCUT2D eigenvalue weighted by Gasteiger charge is 2.64. The molecule has 3 fully saturated rings. The first-order valence-electron chi connectivity index (χ1n) is 21.0. The molecule has 3 spiro atoms. The Labute approximate surface area is 361 Å². The Balaban J connectivity index is 1.13. The van der Waals surface area contributed by atoms with E-state index in [-0.39, 0.29) is 52.7 Å². The van der Waals surface area contributed by atoms with Crippen molar-refractivity contribution < 1.29 is 54.5 Å². The zero-order valence-corrected chi connectivity index (χ0v) is 35.3. The van der Waals surface area contributed by atoms with E-state index in [1.54, 1.807) is 18.2 Å². The molecule has 61 heavy (non-hydrogen) atoms. The topological polar surface area (TPSA) is 215 Å². The van der Waals surface area contributed by atoms with Gasteiger partial charge in [-0.05, 0) is 96.3 Å². The van der Waals surface area contributed by atoms with Crippen LogP contribution in [0.3, 0.4) is 0 Å². The monoisotopic (exact) mass is 872 g/mol. The largest absolute Gasteiger partial charge is 0.511 e. The third kappa shape index (κ3) is 7.00. The van der Waals surface area contributed by atoms with Gasteiger partial charge in [-0.2, -0.15) is 0 Å². The van der Waals surface area contributed by atoms with Gasteiger partial charge in [-0.3, -0.25) is 9.59 Å². The smallest absolute Gasteiger partial charge is 0.229 e. The lowest BCUT2D eigenvalue weighted by Crippen LogP contribution is -2.69. The number of benzene rings is 2. The number of ether oxygens (including phenoxy) is 2. The van der Waals surface area contributed by atoms with Gasteiger partial charge < -0.3 is 55.5 Å². The number of aliphatic hydroxyl groups is 6. The number of ketones is 2. The Morgan fingerprint density at radius 1 is 0.951 bits per heavy atom. The number of hydrogen-bond acceptors (Lipinski definition) is 15. The lowest BCUT2D eigenvalue weighted by molar-refractivity contribution is -0.319. The fraction of sp³-hybridized carbons (Fsp3) is 0.500. The minimum absolute atomic E-state index is 0.0102. The minimum Gasteiger partial charge on any atom is -0.511 e. The van der Waals surface area contributed by atoms with E-state index in [9.17, 15) is 40.2 Å². The van der Waals surface area contributed by atoms with E-state index in [0.29, 0.717) is 43.1 Å². The van der Waals surface area contributed by atoms with Crippen LogP contribution in [0.25, 0.3) is 0 Å². The molecule has 0 aromatic heterocycles. The molecule has 2 saturated carbocycles. The van der Waals surface area contributed by atoms with Crippen LogP contribution in [-0.2, 0) is 22.6 Å². The van der Waals surface area contributed by atoms with Crippen molar-refractivity contribution in [3.05, 3.63) is 112 Å². The molecule has 0 amide bonds. The number of carbonyl (C=O) groups excluding carboxylic acids is 3. The van der Waals surface area contributed by atoms with Crippen molar-refractivity contribution in [3.8, 4) is 5.75 Å². The number of fused-ring (bicyclic) bond motifs is 4. The molecule has 10 atom stereocenters. The summed E-state index contributed by atoms with van der Waals surface area (Å²) in [5, 5.41) is 76.0. The summed E-state index contributed by atoms with van der Waals surface area (Å²) < 4.78 is 12.4. The van der Waals surface area contributed by atoms with Gasteiger partial charge in [0.15, 0.2) is 11.6 Å². The molecule has 0 radical (unpaired) electrons. The zero-order chi connectivity index (χ0) is 42.7. The van der Waals surface area contributed by atoms with E-state index >= 15 is 4.79 Å². The summed E-state index contributed by atoms with van der Waals surface area (Å²) in [6.45, 7) is -0.424. The number of nitrogens with one attached hydrogen (secondary N) is 2. The van der Waals surface area contributed by atoms with Crippen LogP contribution < -0.4 is 15.4 Å². The molecule has 2 aromatic rings. The molecule has 324 valence electrons. The van der Waals surface area contributed by atoms with E-state index in [0.717, 1.165) is 48.7 Å². The van der Waals surface area contributed by atoms with E-state index in [2.05, 4.69) is 10.6 Å². The number of dihydropyridines is 1. The van der Waals surface area contributed by atoms with Crippen LogP contribution in [0.4, 0.5) is 0 Å². The van der Waals surface area contributed by atoms with Gasteiger partial charge in [0.25, 0.3) is 0 Å². The fourth-order valence-electron chi connectivity index (χ4n) is 11.5. The van der Waals surface area contributed by atoms with E-state index < -0.39 is 65.1 Å². The van der Waals surface area contributed by atoms with Gasteiger partial charge in [-0.1, -0.05) is 76.6 Å². The maximum Gasteiger partial charge on any atom is 0.229 e. The van der Waals surface area contributed by atoms with Crippen molar-refractivity contribution in [3.63, 3.8) is 0 Å². The van der Waals surface area contributed by atoms with Gasteiger partial charge in [-0.25, -0.2) is 0 Å². The summed E-state index contributed by atoms with van der Waals surface area (Å²) in [5.41, 5.74) is -2.13. The second kappa shape index (κ2) is 16.3. The van der Waals surface area contributed by atoms with Crippen molar-refractivity contribution in [1.82, 2.24) is 10.6 Å². The maximum absolute atomic E-state index is 15.2. The van der Waals surface area contributed by atoms with Crippen LogP contribution in [0.15, 0.2) is 89.5 Å². The molecule has 6 bridgehead atoms. The van der Waals surface area contributed by atoms with Crippen LogP contribution in [0, 0.1) is 28.1 Å². The Morgan fingerprint density at radius 3 is 2.57 bits per heavy atom. The van der Waals surface area contributed by atoms with E-state index in [4.69, 9.17) is 9.47 Å². The lowest BCUT2D eigenvalue weighted by atomic mass is 9.60. The minimum atomic E-state index is -2.31. The van der Waals surface area contributed by atoms with Crippen molar-refractivity contribution in [2.24, 2.45) is 28.1 Å². The molecule has 15 heteroatoms. The fourth-order valence-corrected chi connectivity index (χ4v) is 13.8. The molecule has 3 heterocycles. The third-order valence-electron chi connectivity index (χ3n) is 14.6. The SMILES string of the molecule is O=CC1CCCC12CCC1(C2)CC2(O)C(O)C(CO)OC(Oc3cccc4c3C(=O)C3(CSSCNC5=CC1=CCN5)C(O)=CC(Cc1cccc(CO)c1)=CC3C4=O)C2O. The molecule has 13 nitrogen and oxygen atoms in total. The predicted molar refractivity (Wildman–Crippen MR) is 228 cm³/mol. The summed E-state index contributed by atoms with van der Waals surface area (Å²) in [5.74, 6) is -1.54. The van der Waals surface area contributed by atoms with Gasteiger partial charge >= 0.3 is 0 Å². The molecule has 10 unspecified atom stereocenters. The molecular weight excluding hydrogens is 821 g/mol. The van der Waals surface area contributed by atoms with Crippen LogP contribution >= 0.6 is 21.6 Å². The number of hydrogen-bond donors (Lipinski definition) is 8. The van der Waals surface area contributed by atoms with Gasteiger partial charge in [0.2, 0.25) is 6.29 Å². The van der Waals surface area contributed by atoms with Gasteiger partial charge in [0.05, 0.1) is 36.4 Å². The molecule has 1 saturated heterocycles. The molecule has 7 aliphatic rings. The van der Waals surface area contributed by atoms with Gasteiger partial charge in [0, 0.05) is 23.8 Å². The summed E-state index contributed by atoms with van der Waals surface area (Å²) in [4.78, 5) is 42.4. The highest BCUT2D eigenvalue weighted by atomic mass is 33.1. The first-order valence-corrected chi connectivity index (χ1v) is 23.5. The Bertz CT molecular complexity index is 2240. The highest BCUT2D eigenvalue weighted by Crippen LogP contribution is 2.65. The van der Waals surface area contributed by atoms with Crippen LogP contribution in [0.1, 0.15) is 76.8 Å². The summed E-state index contributed by atoms with van der Waals surface area (Å²) in [6.07, 6.45) is 6.10. The summed E-state index contributed by atoms with van der Waals surface area (Å²) in [6, 6.07) is 11.9. The molecule has 3 aliphatic heterocycles. The molecule has 2 aromatic carbocycles. The van der Waals surface area contributed by atoms with Crippen molar-refractivity contribution in [1.29, 1.82) is 0 Å². The van der Waals surface area contributed by atoms with Crippen LogP contribution in [0.5, 0.6) is 5.75 Å². The average molecular weight is 873 g/mol. The summed E-state index contributed by atoms with van der Waals surface area (Å²) >= 11 is 0. The van der Waals surface area contributed by atoms with Gasteiger partial charge in [-0.15, -0.1) is 0 Å². The first-order chi connectivity index (χ1) is 29.4. The molecular formula is C46H52N2O11S2. The Morgan fingerprint density at radius 2 is 1.77 bits per heavy atom. The van der Waals surface area contributed by atoms with Crippen LogP contribution in [0.2, 0.25) is 0 Å². The highest BCUT2D eigenvalue weighted by molar-refractivity contribution is 8.76. The molecule has 9 rings (SSSR count). The first kappa shape index (κ1) is 42.4. The van der Waals surface area contributed by atoms with Crippen molar-refractivity contribution in [2.75, 3.05) is 24.8 Å². The summed E-state index contributed by atoms with van der Waals surface area (Å²) in [7, 11) is 2.76. The van der Waals surface area contributed by atoms with E-state index in [1.807, 2.05) is 30.4 Å². The van der Waals surface area contributed by atoms with E-state index in [1.165, 1.54) is 39.8 Å². The molecule has 8 N–H and O–H groups in total. The second-order valence-electron chi connectivity index (χ2n) is 17.9. The average Bonchev–Trinajstić information content (AvgIpc) is 3.85. The number of aliphatic hydroxyl groups excluding tert-OH is 5. The van der Waals surface area contributed by atoms with Gasteiger partial charge in [0.1, 0.15) is 47.1 Å². The Hall–Kier alpha value is -3.93. The van der Waals surface area contributed by atoms with Crippen LogP contribution in [-0.4, -0.2) is 103 Å². The third-order valence-corrected chi connectivity index (χ3v) is 16.8. The maximum atomic E-state index is 15.2. The standard InChI is InChI=1S/C46H52N2O11S2/c49-19-27-5-1-4-26(14-27)15-28-16-32-38(53)31-7-2-8-33-37(31)40(55)45(32,35(52)17-28)24-60-61-25-48-36-18-29(9-13-47-36)44(12-11-43(22-44)10-3-6-30(43)20-50)23-46(57)39(54)34(21-51)59-42(58-33)41(46)56/h1-2,4-5,7-9,14,16-18,20,30,32,34,39,41-42,47-49,51-52,54,56-57H,3,6,10-13,15,19,21-25H2. The number of allylic oxidation sites excluding steroid dienone is 6. The number of aldehydes is 1. The predicted octanol–water partition coefficient (Wildman–Crippen LogP) is 4.19. The number of Topliss-reactive ketones (excluding diaryl/α,β-unsaturated/α-hetero) is 2. The number of carbonyl (C=O) groups is 3. The zero-order valence-electron chi connectivity index (χ0n) is 33.6. The quantitative estimate of drug-likeness (QED) is 0.156. The van der Waals surface area contributed by atoms with Crippen molar-refractivity contribution in [2.45, 2.75) is 88.2 Å². The Kier molecular flexibility index (Phi) is 11.3. The van der Waals surface area contributed by atoms with Crippen molar-refractivity contribution >= 4 is 39.4 Å². The molecule has 4 aliphatic carbocycles. The lowest BCUT2D eigenvalue weighted by Gasteiger charge is -2.51. The second-order valence-corrected chi connectivity index (χ2v) is 20.4. The normalized spacial score (nSPS) is 37.2.